The average molecular weight is 315 g/mol. The van der Waals surface area contributed by atoms with Gasteiger partial charge in [-0.25, -0.2) is 0 Å². The Morgan fingerprint density at radius 3 is 2.61 bits per heavy atom. The topological polar surface area (TPSA) is 66.6 Å². The van der Waals surface area contributed by atoms with Crippen LogP contribution in [0.2, 0.25) is 0 Å². The molecule has 2 fully saturated rings. The molecule has 5 heteroatoms. The Bertz CT molecular complexity index is 612. The number of rotatable bonds is 4. The Labute approximate surface area is 137 Å². The lowest BCUT2D eigenvalue weighted by molar-refractivity contribution is -0.119. The number of carbonyl (C=O) groups excluding carboxylic acids is 2. The smallest absolute Gasteiger partial charge is 0.256 e. The maximum Gasteiger partial charge on any atom is 0.256 e. The molecule has 1 aliphatic heterocycles. The SMILES string of the molecule is CC1CC(CN)CN1C(=O)c1ccccc1N(C)C(=O)C1CC1. The van der Waals surface area contributed by atoms with Crippen molar-refractivity contribution in [1.82, 2.24) is 4.90 Å². The molecule has 2 amide bonds. The molecule has 1 aromatic rings. The molecule has 1 heterocycles. The molecule has 2 unspecified atom stereocenters. The second-order valence-electron chi connectivity index (χ2n) is 6.83. The van der Waals surface area contributed by atoms with Crippen LogP contribution in [0.25, 0.3) is 0 Å². The van der Waals surface area contributed by atoms with Crippen LogP contribution >= 0.6 is 0 Å². The average Bonchev–Trinajstić information content (AvgIpc) is 3.35. The van der Waals surface area contributed by atoms with Gasteiger partial charge in [0.05, 0.1) is 11.3 Å². The first-order valence-corrected chi connectivity index (χ1v) is 8.40. The fourth-order valence-electron chi connectivity index (χ4n) is 3.42. The molecule has 124 valence electrons. The van der Waals surface area contributed by atoms with Crippen molar-refractivity contribution in [3.05, 3.63) is 29.8 Å². The summed E-state index contributed by atoms with van der Waals surface area (Å²) in [6.45, 7) is 3.37. The van der Waals surface area contributed by atoms with E-state index in [-0.39, 0.29) is 23.8 Å². The molecule has 1 aromatic carbocycles. The summed E-state index contributed by atoms with van der Waals surface area (Å²) in [6, 6.07) is 7.59. The van der Waals surface area contributed by atoms with Gasteiger partial charge in [-0.2, -0.15) is 0 Å². The molecule has 1 saturated heterocycles. The highest BCUT2D eigenvalue weighted by Gasteiger charge is 2.36. The number of nitrogens with zero attached hydrogens (tertiary/aromatic N) is 2. The van der Waals surface area contributed by atoms with Crippen LogP contribution in [0, 0.1) is 11.8 Å². The van der Waals surface area contributed by atoms with Crippen LogP contribution < -0.4 is 10.6 Å². The predicted octanol–water partition coefficient (Wildman–Crippen LogP) is 1.87. The number of likely N-dealkylation sites (tertiary alicyclic amines) is 1. The quantitative estimate of drug-likeness (QED) is 0.922. The van der Waals surface area contributed by atoms with E-state index >= 15 is 0 Å². The largest absolute Gasteiger partial charge is 0.336 e. The summed E-state index contributed by atoms with van der Waals surface area (Å²) >= 11 is 0. The van der Waals surface area contributed by atoms with E-state index in [4.69, 9.17) is 5.73 Å². The lowest BCUT2D eigenvalue weighted by Crippen LogP contribution is -2.36. The number of para-hydroxylation sites is 1. The fraction of sp³-hybridized carbons (Fsp3) is 0.556. The highest BCUT2D eigenvalue weighted by molar-refractivity contribution is 6.05. The standard InChI is InChI=1S/C18H25N3O2/c1-12-9-13(10-19)11-21(12)18(23)15-5-3-4-6-16(15)20(2)17(22)14-7-8-14/h3-6,12-14H,7-11,19H2,1-2H3. The molecule has 23 heavy (non-hydrogen) atoms. The Balaban J connectivity index is 1.85. The third-order valence-corrected chi connectivity index (χ3v) is 5.01. The van der Waals surface area contributed by atoms with Crippen molar-refractivity contribution in [3.8, 4) is 0 Å². The maximum atomic E-state index is 13.0. The molecule has 0 radical (unpaired) electrons. The lowest BCUT2D eigenvalue weighted by atomic mass is 10.1. The summed E-state index contributed by atoms with van der Waals surface area (Å²) in [5.41, 5.74) is 7.08. The van der Waals surface area contributed by atoms with Crippen molar-refractivity contribution in [2.75, 3.05) is 25.0 Å². The van der Waals surface area contributed by atoms with Gasteiger partial charge in [-0.3, -0.25) is 9.59 Å². The Morgan fingerprint density at radius 2 is 2.00 bits per heavy atom. The minimum Gasteiger partial charge on any atom is -0.336 e. The number of anilines is 1. The minimum atomic E-state index is -0.000466. The van der Waals surface area contributed by atoms with Crippen LogP contribution in [-0.4, -0.2) is 42.9 Å². The van der Waals surface area contributed by atoms with Gasteiger partial charge in [-0.05, 0) is 50.8 Å². The van der Waals surface area contributed by atoms with Crippen LogP contribution in [0.3, 0.4) is 0 Å². The summed E-state index contributed by atoms with van der Waals surface area (Å²) in [4.78, 5) is 28.9. The van der Waals surface area contributed by atoms with E-state index in [0.29, 0.717) is 30.3 Å². The molecule has 1 aliphatic carbocycles. The number of carbonyl (C=O) groups is 2. The van der Waals surface area contributed by atoms with E-state index in [1.54, 1.807) is 11.9 Å². The molecule has 0 aromatic heterocycles. The van der Waals surface area contributed by atoms with Crippen molar-refractivity contribution >= 4 is 17.5 Å². The van der Waals surface area contributed by atoms with Crippen LogP contribution in [0.5, 0.6) is 0 Å². The van der Waals surface area contributed by atoms with Gasteiger partial charge < -0.3 is 15.5 Å². The van der Waals surface area contributed by atoms with Gasteiger partial charge in [0.25, 0.3) is 5.91 Å². The van der Waals surface area contributed by atoms with E-state index in [1.165, 1.54) is 0 Å². The molecular weight excluding hydrogens is 290 g/mol. The number of hydrogen-bond acceptors (Lipinski definition) is 3. The first kappa shape index (κ1) is 16.0. The summed E-state index contributed by atoms with van der Waals surface area (Å²) in [7, 11) is 1.77. The number of amides is 2. The van der Waals surface area contributed by atoms with Crippen LogP contribution in [0.15, 0.2) is 24.3 Å². The van der Waals surface area contributed by atoms with E-state index in [9.17, 15) is 9.59 Å². The molecule has 0 spiro atoms. The summed E-state index contributed by atoms with van der Waals surface area (Å²) < 4.78 is 0. The summed E-state index contributed by atoms with van der Waals surface area (Å²) in [5.74, 6) is 0.612. The highest BCUT2D eigenvalue weighted by Crippen LogP contribution is 2.34. The fourth-order valence-corrected chi connectivity index (χ4v) is 3.42. The normalized spacial score (nSPS) is 23.9. The van der Waals surface area contributed by atoms with Gasteiger partial charge >= 0.3 is 0 Å². The molecule has 1 saturated carbocycles. The Morgan fingerprint density at radius 1 is 1.30 bits per heavy atom. The van der Waals surface area contributed by atoms with E-state index in [0.717, 1.165) is 19.3 Å². The molecule has 5 nitrogen and oxygen atoms in total. The van der Waals surface area contributed by atoms with Crippen molar-refractivity contribution in [2.24, 2.45) is 17.6 Å². The molecule has 2 N–H and O–H groups in total. The van der Waals surface area contributed by atoms with Crippen molar-refractivity contribution < 1.29 is 9.59 Å². The predicted molar refractivity (Wildman–Crippen MR) is 90.2 cm³/mol. The lowest BCUT2D eigenvalue weighted by Gasteiger charge is -2.25. The zero-order valence-corrected chi connectivity index (χ0v) is 13.9. The highest BCUT2D eigenvalue weighted by atomic mass is 16.2. The summed E-state index contributed by atoms with van der Waals surface area (Å²) in [5, 5.41) is 0. The minimum absolute atomic E-state index is 0.000466. The molecule has 0 bridgehead atoms. The number of hydrogen-bond donors (Lipinski definition) is 1. The van der Waals surface area contributed by atoms with Crippen molar-refractivity contribution in [2.45, 2.75) is 32.2 Å². The molecule has 2 atom stereocenters. The van der Waals surface area contributed by atoms with Crippen LogP contribution in [0.1, 0.15) is 36.5 Å². The number of benzene rings is 1. The third-order valence-electron chi connectivity index (χ3n) is 5.01. The molecule has 2 aliphatic rings. The van der Waals surface area contributed by atoms with Crippen molar-refractivity contribution in [3.63, 3.8) is 0 Å². The Kier molecular flexibility index (Phi) is 4.39. The third kappa shape index (κ3) is 3.11. The zero-order chi connectivity index (χ0) is 16.6. The Hall–Kier alpha value is -1.88. The van der Waals surface area contributed by atoms with Gasteiger partial charge in [0.15, 0.2) is 0 Å². The zero-order valence-electron chi connectivity index (χ0n) is 13.9. The van der Waals surface area contributed by atoms with Gasteiger partial charge in [-0.15, -0.1) is 0 Å². The van der Waals surface area contributed by atoms with Gasteiger partial charge in [0.2, 0.25) is 5.91 Å². The first-order valence-electron chi connectivity index (χ1n) is 8.40. The van der Waals surface area contributed by atoms with Crippen LogP contribution in [0.4, 0.5) is 5.69 Å². The monoisotopic (exact) mass is 315 g/mol. The van der Waals surface area contributed by atoms with Gasteiger partial charge in [0, 0.05) is 25.6 Å². The van der Waals surface area contributed by atoms with Crippen LogP contribution in [-0.2, 0) is 4.79 Å². The van der Waals surface area contributed by atoms with Gasteiger partial charge in [0.1, 0.15) is 0 Å². The van der Waals surface area contributed by atoms with Crippen molar-refractivity contribution in [1.29, 1.82) is 0 Å². The number of nitrogens with two attached hydrogens (primary N) is 1. The second-order valence-corrected chi connectivity index (χ2v) is 6.83. The molecular formula is C18H25N3O2. The van der Waals surface area contributed by atoms with E-state index in [1.807, 2.05) is 29.2 Å². The van der Waals surface area contributed by atoms with E-state index < -0.39 is 0 Å². The molecule has 3 rings (SSSR count). The summed E-state index contributed by atoms with van der Waals surface area (Å²) in [6.07, 6.45) is 2.86. The van der Waals surface area contributed by atoms with E-state index in [2.05, 4.69) is 6.92 Å². The maximum absolute atomic E-state index is 13.0. The van der Waals surface area contributed by atoms with Gasteiger partial charge in [-0.1, -0.05) is 12.1 Å². The second kappa shape index (κ2) is 6.32. The first-order chi connectivity index (χ1) is 11.0.